The Bertz CT molecular complexity index is 455. The third kappa shape index (κ3) is 2.05. The van der Waals surface area contributed by atoms with Crippen molar-refractivity contribution in [3.63, 3.8) is 0 Å². The van der Waals surface area contributed by atoms with Gasteiger partial charge in [-0.25, -0.2) is 9.97 Å². The number of hydrogen-bond donors (Lipinski definition) is 1. The van der Waals surface area contributed by atoms with Gasteiger partial charge in [0.15, 0.2) is 0 Å². The standard InChI is InChI=1S/C11H14N4/c1-15(7-6-12)11-13-8-9-4-2-3-5-10(9)14-11/h2-5,8H,6-7,12H2,1H3. The minimum Gasteiger partial charge on any atom is -0.343 e. The van der Waals surface area contributed by atoms with Crippen molar-refractivity contribution in [2.75, 3.05) is 25.0 Å². The predicted octanol–water partition coefficient (Wildman–Crippen LogP) is 1.02. The fourth-order valence-electron chi connectivity index (χ4n) is 1.44. The Hall–Kier alpha value is -1.68. The van der Waals surface area contributed by atoms with Gasteiger partial charge in [0.1, 0.15) is 0 Å². The summed E-state index contributed by atoms with van der Waals surface area (Å²) in [6.45, 7) is 1.37. The van der Waals surface area contributed by atoms with Crippen LogP contribution < -0.4 is 10.6 Å². The zero-order chi connectivity index (χ0) is 10.7. The molecular formula is C11H14N4. The Morgan fingerprint density at radius 1 is 1.33 bits per heavy atom. The second-order valence-electron chi connectivity index (χ2n) is 3.44. The van der Waals surface area contributed by atoms with Crippen LogP contribution in [0.15, 0.2) is 30.5 Å². The summed E-state index contributed by atoms with van der Waals surface area (Å²) in [5.74, 6) is 0.721. The lowest BCUT2D eigenvalue weighted by Gasteiger charge is -2.15. The lowest BCUT2D eigenvalue weighted by Crippen LogP contribution is -2.26. The molecule has 15 heavy (non-hydrogen) atoms. The van der Waals surface area contributed by atoms with Crippen LogP contribution in [0.5, 0.6) is 0 Å². The first-order valence-corrected chi connectivity index (χ1v) is 4.94. The van der Waals surface area contributed by atoms with Gasteiger partial charge in [-0.2, -0.15) is 0 Å². The summed E-state index contributed by atoms with van der Waals surface area (Å²) >= 11 is 0. The van der Waals surface area contributed by atoms with Gasteiger partial charge in [-0.15, -0.1) is 0 Å². The van der Waals surface area contributed by atoms with Crippen LogP contribution >= 0.6 is 0 Å². The highest BCUT2D eigenvalue weighted by molar-refractivity contribution is 5.78. The van der Waals surface area contributed by atoms with Gasteiger partial charge in [-0.1, -0.05) is 18.2 Å². The molecule has 0 aliphatic rings. The molecule has 0 unspecified atom stereocenters. The number of likely N-dealkylation sites (N-methyl/N-ethyl adjacent to an activating group) is 1. The number of rotatable bonds is 3. The van der Waals surface area contributed by atoms with Crippen molar-refractivity contribution in [1.29, 1.82) is 0 Å². The van der Waals surface area contributed by atoms with Gasteiger partial charge in [0.05, 0.1) is 5.52 Å². The Morgan fingerprint density at radius 2 is 2.13 bits per heavy atom. The highest BCUT2D eigenvalue weighted by Crippen LogP contribution is 2.13. The first-order valence-electron chi connectivity index (χ1n) is 4.94. The summed E-state index contributed by atoms with van der Waals surface area (Å²) in [7, 11) is 1.94. The van der Waals surface area contributed by atoms with Gasteiger partial charge in [-0.3, -0.25) is 0 Å². The van der Waals surface area contributed by atoms with Crippen molar-refractivity contribution in [2.24, 2.45) is 5.73 Å². The van der Waals surface area contributed by atoms with E-state index in [-0.39, 0.29) is 0 Å². The van der Waals surface area contributed by atoms with Crippen molar-refractivity contribution in [2.45, 2.75) is 0 Å². The number of hydrogen-bond acceptors (Lipinski definition) is 4. The van der Waals surface area contributed by atoms with E-state index in [2.05, 4.69) is 9.97 Å². The normalized spacial score (nSPS) is 10.5. The van der Waals surface area contributed by atoms with Crippen LogP contribution in [0, 0.1) is 0 Å². The maximum absolute atomic E-state index is 5.48. The van der Waals surface area contributed by atoms with Crippen LogP contribution in [0.3, 0.4) is 0 Å². The van der Waals surface area contributed by atoms with Crippen molar-refractivity contribution in [3.05, 3.63) is 30.5 Å². The molecular weight excluding hydrogens is 188 g/mol. The van der Waals surface area contributed by atoms with E-state index in [1.807, 2.05) is 42.4 Å². The fraction of sp³-hybridized carbons (Fsp3) is 0.273. The zero-order valence-corrected chi connectivity index (χ0v) is 8.72. The van der Waals surface area contributed by atoms with Gasteiger partial charge >= 0.3 is 0 Å². The lowest BCUT2D eigenvalue weighted by atomic mass is 10.2. The van der Waals surface area contributed by atoms with Crippen molar-refractivity contribution in [1.82, 2.24) is 9.97 Å². The summed E-state index contributed by atoms with van der Waals surface area (Å²) < 4.78 is 0. The van der Waals surface area contributed by atoms with E-state index >= 15 is 0 Å². The van der Waals surface area contributed by atoms with Crippen LogP contribution in [0.4, 0.5) is 5.95 Å². The number of nitrogens with zero attached hydrogens (tertiary/aromatic N) is 3. The van der Waals surface area contributed by atoms with Crippen LogP contribution in [-0.4, -0.2) is 30.1 Å². The second-order valence-corrected chi connectivity index (χ2v) is 3.44. The van der Waals surface area contributed by atoms with Crippen LogP contribution in [-0.2, 0) is 0 Å². The number of benzene rings is 1. The molecule has 2 N–H and O–H groups in total. The number of para-hydroxylation sites is 1. The Morgan fingerprint density at radius 3 is 2.93 bits per heavy atom. The maximum Gasteiger partial charge on any atom is 0.225 e. The number of aromatic nitrogens is 2. The molecule has 1 aromatic heterocycles. The molecule has 1 heterocycles. The number of nitrogens with two attached hydrogens (primary N) is 1. The first-order chi connectivity index (χ1) is 7.31. The third-order valence-electron chi connectivity index (χ3n) is 2.28. The molecule has 0 saturated carbocycles. The molecule has 0 amide bonds. The number of anilines is 1. The lowest BCUT2D eigenvalue weighted by molar-refractivity contribution is 0.851. The number of fused-ring (bicyclic) bond motifs is 1. The van der Waals surface area contributed by atoms with Crippen molar-refractivity contribution in [3.8, 4) is 0 Å². The Labute approximate surface area is 88.7 Å². The van der Waals surface area contributed by atoms with Gasteiger partial charge in [0.25, 0.3) is 0 Å². The van der Waals surface area contributed by atoms with E-state index in [9.17, 15) is 0 Å². The SMILES string of the molecule is CN(CCN)c1ncc2ccccc2n1. The van der Waals surface area contributed by atoms with Gasteiger partial charge in [0.2, 0.25) is 5.95 Å². The minimum atomic E-state index is 0.604. The van der Waals surface area contributed by atoms with Gasteiger partial charge < -0.3 is 10.6 Å². The highest BCUT2D eigenvalue weighted by Gasteiger charge is 2.03. The molecule has 0 aliphatic carbocycles. The quantitative estimate of drug-likeness (QED) is 0.807. The monoisotopic (exact) mass is 202 g/mol. The summed E-state index contributed by atoms with van der Waals surface area (Å²) in [4.78, 5) is 10.7. The molecule has 4 nitrogen and oxygen atoms in total. The average molecular weight is 202 g/mol. The topological polar surface area (TPSA) is 55.0 Å². The molecule has 0 fully saturated rings. The van der Waals surface area contributed by atoms with E-state index in [0.717, 1.165) is 23.4 Å². The third-order valence-corrected chi connectivity index (χ3v) is 2.28. The Kier molecular flexibility index (Phi) is 2.78. The average Bonchev–Trinajstić information content (AvgIpc) is 2.29. The highest BCUT2D eigenvalue weighted by atomic mass is 15.2. The second kappa shape index (κ2) is 4.23. The summed E-state index contributed by atoms with van der Waals surface area (Å²) in [6.07, 6.45) is 1.84. The van der Waals surface area contributed by atoms with E-state index in [1.165, 1.54) is 0 Å². The molecule has 1 aromatic carbocycles. The predicted molar refractivity (Wildman–Crippen MR) is 61.9 cm³/mol. The Balaban J connectivity index is 2.38. The molecule has 0 radical (unpaired) electrons. The zero-order valence-electron chi connectivity index (χ0n) is 8.72. The van der Waals surface area contributed by atoms with Crippen molar-refractivity contribution < 1.29 is 0 Å². The van der Waals surface area contributed by atoms with Gasteiger partial charge in [-0.05, 0) is 6.07 Å². The fourth-order valence-corrected chi connectivity index (χ4v) is 1.44. The molecule has 78 valence electrons. The largest absolute Gasteiger partial charge is 0.343 e. The van der Waals surface area contributed by atoms with Crippen LogP contribution in [0.2, 0.25) is 0 Å². The molecule has 2 aromatic rings. The van der Waals surface area contributed by atoms with E-state index in [0.29, 0.717) is 6.54 Å². The smallest absolute Gasteiger partial charge is 0.225 e. The first kappa shape index (κ1) is 9.86. The molecule has 0 spiro atoms. The summed E-state index contributed by atoms with van der Waals surface area (Å²) in [6, 6.07) is 7.94. The molecule has 0 atom stereocenters. The maximum atomic E-state index is 5.48. The van der Waals surface area contributed by atoms with Crippen molar-refractivity contribution >= 4 is 16.9 Å². The molecule has 0 bridgehead atoms. The molecule has 2 rings (SSSR count). The molecule has 0 saturated heterocycles. The van der Waals surface area contributed by atoms with E-state index in [1.54, 1.807) is 0 Å². The van der Waals surface area contributed by atoms with E-state index in [4.69, 9.17) is 5.73 Å². The van der Waals surface area contributed by atoms with Crippen LogP contribution in [0.25, 0.3) is 10.9 Å². The minimum absolute atomic E-state index is 0.604. The molecule has 0 aliphatic heterocycles. The summed E-state index contributed by atoms with van der Waals surface area (Å²) in [5.41, 5.74) is 6.45. The molecule has 4 heteroatoms. The van der Waals surface area contributed by atoms with Crippen LogP contribution in [0.1, 0.15) is 0 Å². The van der Waals surface area contributed by atoms with Gasteiger partial charge in [0, 0.05) is 31.7 Å². The van der Waals surface area contributed by atoms with E-state index < -0.39 is 0 Å². The summed E-state index contributed by atoms with van der Waals surface area (Å²) in [5, 5.41) is 1.06.